The van der Waals surface area contributed by atoms with Crippen LogP contribution >= 0.6 is 0 Å². The van der Waals surface area contributed by atoms with E-state index in [0.717, 1.165) is 25.8 Å². The fraction of sp³-hybridized carbons (Fsp3) is 0.562. The van der Waals surface area contributed by atoms with Crippen molar-refractivity contribution in [1.29, 1.82) is 0 Å². The summed E-state index contributed by atoms with van der Waals surface area (Å²) in [7, 11) is 5.32. The second kappa shape index (κ2) is 7.90. The normalized spacial score (nSPS) is 13.6. The summed E-state index contributed by atoms with van der Waals surface area (Å²) in [5.41, 5.74) is 0.636. The summed E-state index contributed by atoms with van der Waals surface area (Å²) in [5, 5.41) is 3.06. The zero-order valence-corrected chi connectivity index (χ0v) is 13.0. The number of rotatable bonds is 8. The van der Waals surface area contributed by atoms with Crippen LogP contribution in [0.25, 0.3) is 0 Å². The van der Waals surface area contributed by atoms with Crippen LogP contribution in [-0.4, -0.2) is 39.3 Å². The average molecular weight is 278 g/mol. The first-order valence-electron chi connectivity index (χ1n) is 7.07. The van der Waals surface area contributed by atoms with E-state index in [0.29, 0.717) is 0 Å². The van der Waals surface area contributed by atoms with E-state index >= 15 is 0 Å². The Balaban J connectivity index is 2.36. The minimum Gasteiger partial charge on any atom is -0.468 e. The third-order valence-corrected chi connectivity index (χ3v) is 3.80. The molecule has 0 bridgehead atoms. The van der Waals surface area contributed by atoms with Crippen LogP contribution in [0.15, 0.2) is 30.3 Å². The maximum atomic E-state index is 11.7. The Kier molecular flexibility index (Phi) is 6.52. The molecule has 1 N–H and O–H groups in total. The van der Waals surface area contributed by atoms with Crippen molar-refractivity contribution >= 4 is 11.7 Å². The molecule has 0 amide bonds. The van der Waals surface area contributed by atoms with E-state index in [1.54, 1.807) is 7.05 Å². The quantitative estimate of drug-likeness (QED) is 0.586. The van der Waals surface area contributed by atoms with Gasteiger partial charge in [0.05, 0.1) is 7.11 Å². The monoisotopic (exact) mass is 278 g/mol. The molecule has 0 heterocycles. The topological polar surface area (TPSA) is 41.6 Å². The summed E-state index contributed by atoms with van der Waals surface area (Å²) in [5.74, 6) is -0.198. The molecule has 1 unspecified atom stereocenters. The Hall–Kier alpha value is -1.55. The van der Waals surface area contributed by atoms with Crippen LogP contribution in [0.3, 0.4) is 0 Å². The zero-order chi connectivity index (χ0) is 15.0. The van der Waals surface area contributed by atoms with Gasteiger partial charge >= 0.3 is 5.97 Å². The lowest BCUT2D eigenvalue weighted by molar-refractivity contribution is -0.148. The maximum Gasteiger partial charge on any atom is 0.325 e. The first kappa shape index (κ1) is 16.5. The van der Waals surface area contributed by atoms with E-state index in [1.165, 1.54) is 12.8 Å². The molecule has 0 aromatic heterocycles. The summed E-state index contributed by atoms with van der Waals surface area (Å²) in [4.78, 5) is 14.0. The predicted molar refractivity (Wildman–Crippen MR) is 83.0 cm³/mol. The van der Waals surface area contributed by atoms with E-state index in [2.05, 4.69) is 29.4 Å². The second-order valence-electron chi connectivity index (χ2n) is 5.29. The standard InChI is InChI=1S/C16H26N2O2/c1-16(17-2,15(19)20-4)12-8-9-13-18(3)14-10-6-5-7-11-14/h5-7,10-11,17H,8-9,12-13H2,1-4H3. The molecule has 0 aliphatic carbocycles. The van der Waals surface area contributed by atoms with Crippen molar-refractivity contribution in [3.63, 3.8) is 0 Å². The van der Waals surface area contributed by atoms with E-state index in [4.69, 9.17) is 4.74 Å². The van der Waals surface area contributed by atoms with Crippen LogP contribution in [0, 0.1) is 0 Å². The number of anilines is 1. The van der Waals surface area contributed by atoms with Gasteiger partial charge in [-0.15, -0.1) is 0 Å². The largest absolute Gasteiger partial charge is 0.468 e. The Morgan fingerprint density at radius 1 is 1.30 bits per heavy atom. The highest BCUT2D eigenvalue weighted by molar-refractivity contribution is 5.80. The number of hydrogen-bond acceptors (Lipinski definition) is 4. The fourth-order valence-electron chi connectivity index (χ4n) is 2.19. The second-order valence-corrected chi connectivity index (χ2v) is 5.29. The molecule has 0 saturated carbocycles. The first-order chi connectivity index (χ1) is 9.53. The third-order valence-electron chi connectivity index (χ3n) is 3.80. The first-order valence-corrected chi connectivity index (χ1v) is 7.07. The van der Waals surface area contributed by atoms with Crippen molar-refractivity contribution in [2.24, 2.45) is 0 Å². The lowest BCUT2D eigenvalue weighted by atomic mass is 9.95. The minimum atomic E-state index is -0.583. The van der Waals surface area contributed by atoms with E-state index in [1.807, 2.05) is 25.1 Å². The van der Waals surface area contributed by atoms with Crippen molar-refractivity contribution in [2.45, 2.75) is 31.7 Å². The number of carbonyl (C=O) groups is 1. The minimum absolute atomic E-state index is 0.198. The summed E-state index contributed by atoms with van der Waals surface area (Å²) in [6, 6.07) is 10.3. The molecular weight excluding hydrogens is 252 g/mol. The summed E-state index contributed by atoms with van der Waals surface area (Å²) in [6.07, 6.45) is 2.79. The number of nitrogens with zero attached hydrogens (tertiary/aromatic N) is 1. The molecule has 112 valence electrons. The smallest absolute Gasteiger partial charge is 0.325 e. The lowest BCUT2D eigenvalue weighted by Crippen LogP contribution is -2.48. The number of unbranched alkanes of at least 4 members (excludes halogenated alkanes) is 1. The van der Waals surface area contributed by atoms with Gasteiger partial charge in [0.2, 0.25) is 0 Å². The average Bonchev–Trinajstić information content (AvgIpc) is 2.51. The van der Waals surface area contributed by atoms with Gasteiger partial charge in [0.25, 0.3) is 0 Å². The maximum absolute atomic E-state index is 11.7. The lowest BCUT2D eigenvalue weighted by Gasteiger charge is -2.26. The molecule has 20 heavy (non-hydrogen) atoms. The number of likely N-dealkylation sites (N-methyl/N-ethyl adjacent to an activating group) is 1. The van der Waals surface area contributed by atoms with Crippen LogP contribution in [0.2, 0.25) is 0 Å². The summed E-state index contributed by atoms with van der Waals surface area (Å²) in [6.45, 7) is 2.87. The van der Waals surface area contributed by atoms with Crippen LogP contribution in [0.4, 0.5) is 5.69 Å². The molecule has 4 nitrogen and oxygen atoms in total. The highest BCUT2D eigenvalue weighted by Gasteiger charge is 2.31. The highest BCUT2D eigenvalue weighted by atomic mass is 16.5. The number of nitrogens with one attached hydrogen (secondary N) is 1. The van der Waals surface area contributed by atoms with Gasteiger partial charge in [-0.2, -0.15) is 0 Å². The number of ether oxygens (including phenoxy) is 1. The van der Waals surface area contributed by atoms with Crippen LogP contribution < -0.4 is 10.2 Å². The van der Waals surface area contributed by atoms with Crippen molar-refractivity contribution in [2.75, 3.05) is 32.6 Å². The molecule has 4 heteroatoms. The highest BCUT2D eigenvalue weighted by Crippen LogP contribution is 2.17. The Morgan fingerprint density at radius 2 is 1.95 bits per heavy atom. The van der Waals surface area contributed by atoms with Crippen LogP contribution in [0.5, 0.6) is 0 Å². The molecule has 0 aliphatic heterocycles. The molecule has 0 saturated heterocycles. The van der Waals surface area contributed by atoms with Gasteiger partial charge in [-0.1, -0.05) is 18.2 Å². The summed E-state index contributed by atoms with van der Waals surface area (Å²) >= 11 is 0. The third kappa shape index (κ3) is 4.53. The number of para-hydroxylation sites is 1. The number of benzene rings is 1. The van der Waals surface area contributed by atoms with E-state index in [9.17, 15) is 4.79 Å². The molecular formula is C16H26N2O2. The molecule has 0 fully saturated rings. The van der Waals surface area contributed by atoms with Gasteiger partial charge in [0, 0.05) is 19.3 Å². The van der Waals surface area contributed by atoms with Gasteiger partial charge in [-0.25, -0.2) is 0 Å². The van der Waals surface area contributed by atoms with Crippen LogP contribution in [-0.2, 0) is 9.53 Å². The number of esters is 1. The van der Waals surface area contributed by atoms with Crippen molar-refractivity contribution in [3.8, 4) is 0 Å². The molecule has 1 rings (SSSR count). The molecule has 0 radical (unpaired) electrons. The van der Waals surface area contributed by atoms with Gasteiger partial charge in [-0.05, 0) is 45.4 Å². The molecule has 1 aromatic rings. The van der Waals surface area contributed by atoms with Crippen LogP contribution in [0.1, 0.15) is 26.2 Å². The molecule has 1 atom stereocenters. The van der Waals surface area contributed by atoms with Crippen molar-refractivity contribution < 1.29 is 9.53 Å². The van der Waals surface area contributed by atoms with Gasteiger partial charge in [0.15, 0.2) is 0 Å². The van der Waals surface area contributed by atoms with Gasteiger partial charge < -0.3 is 15.0 Å². The Morgan fingerprint density at radius 3 is 2.50 bits per heavy atom. The van der Waals surface area contributed by atoms with Crippen molar-refractivity contribution in [1.82, 2.24) is 5.32 Å². The predicted octanol–water partition coefficient (Wildman–Crippen LogP) is 2.44. The zero-order valence-electron chi connectivity index (χ0n) is 13.0. The Labute approximate surface area is 122 Å². The van der Waals surface area contributed by atoms with Gasteiger partial charge in [0.1, 0.15) is 5.54 Å². The Bertz CT molecular complexity index is 408. The number of hydrogen-bond donors (Lipinski definition) is 1. The molecule has 0 aliphatic rings. The number of methoxy groups -OCH3 is 1. The molecule has 1 aromatic carbocycles. The number of carbonyl (C=O) groups excluding carboxylic acids is 1. The van der Waals surface area contributed by atoms with E-state index < -0.39 is 5.54 Å². The van der Waals surface area contributed by atoms with Gasteiger partial charge in [-0.3, -0.25) is 4.79 Å². The summed E-state index contributed by atoms with van der Waals surface area (Å²) < 4.78 is 4.84. The van der Waals surface area contributed by atoms with E-state index in [-0.39, 0.29) is 5.97 Å². The molecule has 0 spiro atoms. The fourth-order valence-corrected chi connectivity index (χ4v) is 2.19. The van der Waals surface area contributed by atoms with Crippen molar-refractivity contribution in [3.05, 3.63) is 30.3 Å². The SMILES string of the molecule is CNC(C)(CCCCN(C)c1ccccc1)C(=O)OC.